The lowest BCUT2D eigenvalue weighted by Crippen LogP contribution is -1.98. The molecule has 0 saturated heterocycles. The number of hydrogen-bond acceptors (Lipinski definition) is 3. The second kappa shape index (κ2) is 3.71. The first-order valence-corrected chi connectivity index (χ1v) is 5.22. The van der Waals surface area contributed by atoms with Crippen LogP contribution in [0.4, 0.5) is 5.69 Å². The minimum atomic E-state index is -4.15. The van der Waals surface area contributed by atoms with Crippen LogP contribution < -0.4 is 3.94 Å². The molecule has 1 rings (SSSR count). The maximum atomic E-state index is 10.6. The average molecular weight is 242 g/mol. The fourth-order valence-corrected chi connectivity index (χ4v) is 1.44. The average Bonchev–Trinajstić information content (AvgIpc) is 2.03. The predicted molar refractivity (Wildman–Crippen MR) is 50.4 cm³/mol. The van der Waals surface area contributed by atoms with Crippen molar-refractivity contribution in [3.05, 3.63) is 24.3 Å². The van der Waals surface area contributed by atoms with E-state index in [1.807, 2.05) is 0 Å². The van der Waals surface area contributed by atoms with Crippen molar-refractivity contribution in [3.8, 4) is 0 Å². The maximum absolute atomic E-state index is 10.6. The number of benzene rings is 1. The summed E-state index contributed by atoms with van der Waals surface area (Å²) < 4.78 is 30.6. The standard InChI is InChI=1S/C6H5Cl2NO3S/c7-9(8)5-1-3-6(4-2-5)13(10,11)12/h1-4H,(H,10,11,12). The topological polar surface area (TPSA) is 57.6 Å². The quantitative estimate of drug-likeness (QED) is 0.636. The van der Waals surface area contributed by atoms with Crippen LogP contribution in [-0.2, 0) is 10.1 Å². The van der Waals surface area contributed by atoms with Crippen molar-refractivity contribution < 1.29 is 13.0 Å². The van der Waals surface area contributed by atoms with Crippen molar-refractivity contribution in [3.63, 3.8) is 0 Å². The van der Waals surface area contributed by atoms with E-state index in [2.05, 4.69) is 0 Å². The molecule has 72 valence electrons. The van der Waals surface area contributed by atoms with Gasteiger partial charge in [0, 0.05) is 23.6 Å². The number of halogens is 2. The van der Waals surface area contributed by atoms with E-state index >= 15 is 0 Å². The molecule has 0 radical (unpaired) electrons. The van der Waals surface area contributed by atoms with Crippen molar-refractivity contribution in [1.82, 2.24) is 0 Å². The number of rotatable bonds is 2. The summed E-state index contributed by atoms with van der Waals surface area (Å²) in [5, 5.41) is 0. The van der Waals surface area contributed by atoms with Crippen LogP contribution in [0.2, 0.25) is 0 Å². The van der Waals surface area contributed by atoms with Gasteiger partial charge in [0.15, 0.2) is 0 Å². The minimum absolute atomic E-state index is 0.202. The molecule has 1 N–H and O–H groups in total. The van der Waals surface area contributed by atoms with E-state index in [0.717, 1.165) is 3.94 Å². The summed E-state index contributed by atoms with van der Waals surface area (Å²) in [5.41, 5.74) is 0.413. The van der Waals surface area contributed by atoms with Crippen molar-refractivity contribution >= 4 is 39.4 Å². The molecule has 0 atom stereocenters. The Kier molecular flexibility index (Phi) is 3.02. The van der Waals surface area contributed by atoms with Gasteiger partial charge >= 0.3 is 0 Å². The van der Waals surface area contributed by atoms with Crippen LogP contribution in [0.5, 0.6) is 0 Å². The molecule has 1 aromatic carbocycles. The van der Waals surface area contributed by atoms with Gasteiger partial charge in [0.2, 0.25) is 0 Å². The molecule has 0 aliphatic rings. The van der Waals surface area contributed by atoms with E-state index in [0.29, 0.717) is 5.69 Å². The fourth-order valence-electron chi connectivity index (χ4n) is 0.731. The van der Waals surface area contributed by atoms with Gasteiger partial charge in [0.1, 0.15) is 0 Å². The first-order chi connectivity index (χ1) is 5.91. The van der Waals surface area contributed by atoms with E-state index in [-0.39, 0.29) is 4.90 Å². The van der Waals surface area contributed by atoms with Gasteiger partial charge in [0.05, 0.1) is 10.6 Å². The predicted octanol–water partition coefficient (Wildman–Crippen LogP) is 2.05. The van der Waals surface area contributed by atoms with Crippen molar-refractivity contribution in [2.24, 2.45) is 0 Å². The maximum Gasteiger partial charge on any atom is 0.294 e. The lowest BCUT2D eigenvalue weighted by molar-refractivity contribution is 0.483. The third kappa shape index (κ3) is 2.73. The number of nitrogens with zero attached hydrogens (tertiary/aromatic N) is 1. The first kappa shape index (κ1) is 10.6. The SMILES string of the molecule is O=S(=O)(O)c1ccc(N(Cl)Cl)cc1. The molecule has 0 heterocycles. The molecule has 0 unspecified atom stereocenters. The molecular weight excluding hydrogens is 237 g/mol. The highest BCUT2D eigenvalue weighted by molar-refractivity contribution is 7.85. The third-order valence-electron chi connectivity index (χ3n) is 1.33. The summed E-state index contributed by atoms with van der Waals surface area (Å²) in [4.78, 5) is -0.202. The summed E-state index contributed by atoms with van der Waals surface area (Å²) in [5.74, 6) is 0. The second-order valence-electron chi connectivity index (χ2n) is 2.20. The highest BCUT2D eigenvalue weighted by Gasteiger charge is 2.09. The Balaban J connectivity index is 3.08. The van der Waals surface area contributed by atoms with Crippen LogP contribution in [0.3, 0.4) is 0 Å². The van der Waals surface area contributed by atoms with Gasteiger partial charge in [0.25, 0.3) is 10.1 Å². The Bertz CT molecular complexity index is 387. The van der Waals surface area contributed by atoms with E-state index in [1.165, 1.54) is 24.3 Å². The van der Waals surface area contributed by atoms with Crippen LogP contribution >= 0.6 is 23.6 Å². The summed E-state index contributed by atoms with van der Waals surface area (Å²) >= 11 is 10.7. The third-order valence-corrected chi connectivity index (χ3v) is 2.59. The van der Waals surface area contributed by atoms with Gasteiger partial charge in [-0.15, -0.1) is 0 Å². The number of anilines is 1. The molecule has 0 bridgehead atoms. The normalized spacial score (nSPS) is 11.3. The summed E-state index contributed by atoms with van der Waals surface area (Å²) in [6.45, 7) is 0. The zero-order valence-electron chi connectivity index (χ0n) is 6.18. The lowest BCUT2D eigenvalue weighted by Gasteiger charge is -2.04. The number of hydrogen-bond donors (Lipinski definition) is 1. The zero-order valence-corrected chi connectivity index (χ0v) is 8.51. The van der Waals surface area contributed by atoms with Crippen molar-refractivity contribution in [2.75, 3.05) is 3.94 Å². The zero-order chi connectivity index (χ0) is 10.1. The van der Waals surface area contributed by atoms with Crippen molar-refractivity contribution in [1.29, 1.82) is 0 Å². The molecule has 0 fully saturated rings. The second-order valence-corrected chi connectivity index (χ2v) is 4.47. The Morgan fingerprint density at radius 3 is 1.92 bits per heavy atom. The summed E-state index contributed by atoms with van der Waals surface area (Å²) in [6.07, 6.45) is 0. The largest absolute Gasteiger partial charge is 0.294 e. The summed E-state index contributed by atoms with van der Waals surface area (Å²) in [6, 6.07) is 5.12. The Morgan fingerprint density at radius 2 is 1.62 bits per heavy atom. The molecule has 0 spiro atoms. The van der Waals surface area contributed by atoms with Crippen LogP contribution in [0, 0.1) is 0 Å². The molecule has 0 saturated carbocycles. The van der Waals surface area contributed by atoms with Gasteiger partial charge in [-0.1, -0.05) is 0 Å². The van der Waals surface area contributed by atoms with Crippen LogP contribution in [0.15, 0.2) is 29.2 Å². The van der Waals surface area contributed by atoms with Gasteiger partial charge in [-0.05, 0) is 24.3 Å². The van der Waals surface area contributed by atoms with E-state index < -0.39 is 10.1 Å². The van der Waals surface area contributed by atoms with Gasteiger partial charge in [-0.2, -0.15) is 12.4 Å². The van der Waals surface area contributed by atoms with Crippen molar-refractivity contribution in [2.45, 2.75) is 4.90 Å². The molecule has 7 heteroatoms. The smallest absolute Gasteiger partial charge is 0.282 e. The molecule has 0 amide bonds. The first-order valence-electron chi connectivity index (χ1n) is 3.10. The Morgan fingerprint density at radius 1 is 1.15 bits per heavy atom. The monoisotopic (exact) mass is 241 g/mol. The highest BCUT2D eigenvalue weighted by atomic mass is 35.5. The summed E-state index contributed by atoms with van der Waals surface area (Å²) in [7, 11) is -4.15. The Labute approximate surface area is 85.6 Å². The molecule has 0 aliphatic heterocycles. The van der Waals surface area contributed by atoms with Gasteiger partial charge < -0.3 is 0 Å². The molecular formula is C6H5Cl2NO3S. The molecule has 4 nitrogen and oxygen atoms in total. The molecule has 0 aromatic heterocycles. The van der Waals surface area contributed by atoms with Crippen LogP contribution in [0.25, 0.3) is 0 Å². The minimum Gasteiger partial charge on any atom is -0.282 e. The highest BCUT2D eigenvalue weighted by Crippen LogP contribution is 2.20. The van der Waals surface area contributed by atoms with Crippen LogP contribution in [0.1, 0.15) is 0 Å². The van der Waals surface area contributed by atoms with E-state index in [1.54, 1.807) is 0 Å². The van der Waals surface area contributed by atoms with E-state index in [4.69, 9.17) is 28.1 Å². The van der Waals surface area contributed by atoms with E-state index in [9.17, 15) is 8.42 Å². The van der Waals surface area contributed by atoms with Gasteiger partial charge in [-0.25, -0.2) is 0 Å². The lowest BCUT2D eigenvalue weighted by atomic mass is 10.3. The molecule has 1 aromatic rings. The molecule has 13 heavy (non-hydrogen) atoms. The Hall–Kier alpha value is -0.490. The molecule has 0 aliphatic carbocycles. The van der Waals surface area contributed by atoms with Gasteiger partial charge in [-0.3, -0.25) is 4.55 Å². The fraction of sp³-hybridized carbons (Fsp3) is 0. The van der Waals surface area contributed by atoms with Crippen LogP contribution in [-0.4, -0.2) is 13.0 Å².